The second kappa shape index (κ2) is 7.89. The highest BCUT2D eigenvalue weighted by Crippen LogP contribution is 2.46. The van der Waals surface area contributed by atoms with Gasteiger partial charge in [0.2, 0.25) is 5.91 Å². The number of rotatable bonds is 7. The summed E-state index contributed by atoms with van der Waals surface area (Å²) in [6.45, 7) is 2.04. The Morgan fingerprint density at radius 2 is 1.89 bits per heavy atom. The molecule has 1 fully saturated rings. The van der Waals surface area contributed by atoms with Crippen LogP contribution in [0.4, 0.5) is 5.69 Å². The van der Waals surface area contributed by atoms with E-state index in [1.54, 1.807) is 7.11 Å². The molecule has 1 aliphatic rings. The lowest BCUT2D eigenvalue weighted by Gasteiger charge is -2.17. The van der Waals surface area contributed by atoms with Gasteiger partial charge in [-0.3, -0.25) is 9.89 Å². The van der Waals surface area contributed by atoms with Crippen LogP contribution in [0.25, 0.3) is 11.3 Å². The molecule has 1 unspecified atom stereocenters. The fourth-order valence-corrected chi connectivity index (χ4v) is 3.65. The molecule has 1 atom stereocenters. The Labute approximate surface area is 165 Å². The van der Waals surface area contributed by atoms with Gasteiger partial charge in [0.25, 0.3) is 0 Å². The summed E-state index contributed by atoms with van der Waals surface area (Å²) in [7, 11) is 1.65. The topological polar surface area (TPSA) is 67.0 Å². The van der Waals surface area contributed by atoms with Crippen LogP contribution >= 0.6 is 0 Å². The summed E-state index contributed by atoms with van der Waals surface area (Å²) in [5.41, 5.74) is 4.42. The molecule has 0 spiro atoms. The van der Waals surface area contributed by atoms with Crippen LogP contribution in [0.2, 0.25) is 0 Å². The highest BCUT2D eigenvalue weighted by Gasteiger charge is 2.32. The number of ether oxygens (including phenoxy) is 1. The van der Waals surface area contributed by atoms with Crippen LogP contribution in [0.5, 0.6) is 5.75 Å². The lowest BCUT2D eigenvalue weighted by molar-refractivity contribution is -0.117. The highest BCUT2D eigenvalue weighted by molar-refractivity contribution is 6.00. The molecule has 2 N–H and O–H groups in total. The van der Waals surface area contributed by atoms with Gasteiger partial charge in [0.15, 0.2) is 0 Å². The summed E-state index contributed by atoms with van der Waals surface area (Å²) in [6, 6.07) is 17.7. The van der Waals surface area contributed by atoms with Crippen LogP contribution in [0.15, 0.2) is 54.6 Å². The monoisotopic (exact) mass is 375 g/mol. The largest absolute Gasteiger partial charge is 0.496 e. The molecule has 5 heteroatoms. The molecule has 5 nitrogen and oxygen atoms in total. The van der Waals surface area contributed by atoms with Gasteiger partial charge in [0.05, 0.1) is 24.4 Å². The summed E-state index contributed by atoms with van der Waals surface area (Å²) in [5.74, 6) is 0.965. The number of nitrogens with zero attached hydrogens (tertiary/aromatic N) is 1. The number of hydrogen-bond donors (Lipinski definition) is 2. The number of hydrogen-bond acceptors (Lipinski definition) is 3. The number of nitrogens with one attached hydrogen (secondary N) is 2. The average Bonchev–Trinajstić information content (AvgIpc) is 3.50. The van der Waals surface area contributed by atoms with Crippen molar-refractivity contribution in [1.82, 2.24) is 10.2 Å². The number of para-hydroxylation sites is 1. The van der Waals surface area contributed by atoms with Crippen molar-refractivity contribution in [3.63, 3.8) is 0 Å². The van der Waals surface area contributed by atoms with E-state index in [4.69, 9.17) is 4.74 Å². The number of anilines is 1. The summed E-state index contributed by atoms with van der Waals surface area (Å²) in [5, 5.41) is 10.9. The summed E-state index contributed by atoms with van der Waals surface area (Å²) in [6.07, 6.45) is 2.97. The molecule has 144 valence electrons. The molecular formula is C23H25N3O2. The molecule has 3 aromatic rings. The normalized spacial score (nSPS) is 14.5. The summed E-state index contributed by atoms with van der Waals surface area (Å²) < 4.78 is 5.52. The molecule has 2 aromatic carbocycles. The number of H-pyrrole nitrogens is 1. The number of benzene rings is 2. The van der Waals surface area contributed by atoms with Crippen molar-refractivity contribution in [1.29, 1.82) is 0 Å². The minimum atomic E-state index is -0.200. The summed E-state index contributed by atoms with van der Waals surface area (Å²) in [4.78, 5) is 13.2. The number of amides is 1. The third-order valence-corrected chi connectivity index (χ3v) is 5.32. The smallest absolute Gasteiger partial charge is 0.232 e. The van der Waals surface area contributed by atoms with E-state index in [1.165, 1.54) is 0 Å². The molecule has 4 rings (SSSR count). The summed E-state index contributed by atoms with van der Waals surface area (Å²) >= 11 is 0. The van der Waals surface area contributed by atoms with Crippen LogP contribution in [-0.2, 0) is 4.79 Å². The third-order valence-electron chi connectivity index (χ3n) is 5.32. The molecule has 28 heavy (non-hydrogen) atoms. The Morgan fingerprint density at radius 1 is 1.18 bits per heavy atom. The zero-order chi connectivity index (χ0) is 19.5. The van der Waals surface area contributed by atoms with Crippen LogP contribution in [0, 0.1) is 0 Å². The first-order valence-electron chi connectivity index (χ1n) is 9.80. The van der Waals surface area contributed by atoms with Crippen LogP contribution < -0.4 is 10.1 Å². The van der Waals surface area contributed by atoms with Gasteiger partial charge in [0, 0.05) is 11.5 Å². The van der Waals surface area contributed by atoms with Crippen molar-refractivity contribution in [2.24, 2.45) is 0 Å². The van der Waals surface area contributed by atoms with E-state index in [0.717, 1.165) is 53.2 Å². The maximum Gasteiger partial charge on any atom is 0.232 e. The van der Waals surface area contributed by atoms with Gasteiger partial charge in [-0.2, -0.15) is 5.10 Å². The average molecular weight is 375 g/mol. The zero-order valence-electron chi connectivity index (χ0n) is 16.2. The van der Waals surface area contributed by atoms with Gasteiger partial charge in [0.1, 0.15) is 11.4 Å². The van der Waals surface area contributed by atoms with Gasteiger partial charge in [-0.1, -0.05) is 49.4 Å². The lowest BCUT2D eigenvalue weighted by Crippen LogP contribution is -2.21. The molecule has 0 saturated heterocycles. The van der Waals surface area contributed by atoms with Crippen molar-refractivity contribution in [3.05, 3.63) is 65.9 Å². The first-order valence-corrected chi connectivity index (χ1v) is 9.80. The van der Waals surface area contributed by atoms with Crippen molar-refractivity contribution >= 4 is 11.6 Å². The number of methoxy groups -OCH3 is 1. The zero-order valence-corrected chi connectivity index (χ0v) is 16.2. The fraction of sp³-hybridized carbons (Fsp3) is 0.304. The second-order valence-corrected chi connectivity index (χ2v) is 7.20. The Hall–Kier alpha value is -3.08. The standard InChI is InChI=1S/C23H25N3O2/c1-3-17(15-9-5-4-6-10-15)23(27)24-22-20(16-13-14-16)25-26-21(22)18-11-7-8-12-19(18)28-2/h4-12,16-17H,3,13-14H2,1-2H3,(H,24,27)(H,25,26). The molecule has 1 aliphatic carbocycles. The van der Waals surface area contributed by atoms with Gasteiger partial charge in [-0.05, 0) is 37.0 Å². The SMILES string of the molecule is CCC(C(=O)Nc1c(-c2ccccc2OC)n[nH]c1C1CC1)c1ccccc1. The van der Waals surface area contributed by atoms with E-state index in [2.05, 4.69) is 15.5 Å². The second-order valence-electron chi connectivity index (χ2n) is 7.20. The molecule has 1 amide bonds. The first-order chi connectivity index (χ1) is 13.7. The van der Waals surface area contributed by atoms with E-state index in [-0.39, 0.29) is 11.8 Å². The van der Waals surface area contributed by atoms with E-state index < -0.39 is 0 Å². The predicted octanol–water partition coefficient (Wildman–Crippen LogP) is 5.10. The Bertz CT molecular complexity index is 961. The van der Waals surface area contributed by atoms with Crippen molar-refractivity contribution in [2.75, 3.05) is 12.4 Å². The van der Waals surface area contributed by atoms with Crippen LogP contribution in [0.1, 0.15) is 49.3 Å². The maximum absolute atomic E-state index is 13.2. The van der Waals surface area contributed by atoms with E-state index in [0.29, 0.717) is 5.92 Å². The molecule has 0 radical (unpaired) electrons. The van der Waals surface area contributed by atoms with Crippen molar-refractivity contribution < 1.29 is 9.53 Å². The highest BCUT2D eigenvalue weighted by atomic mass is 16.5. The Balaban J connectivity index is 1.70. The first kappa shape index (κ1) is 18.3. The Morgan fingerprint density at radius 3 is 2.57 bits per heavy atom. The lowest BCUT2D eigenvalue weighted by atomic mass is 9.95. The van der Waals surface area contributed by atoms with Gasteiger partial charge >= 0.3 is 0 Å². The van der Waals surface area contributed by atoms with Gasteiger partial charge in [-0.25, -0.2) is 0 Å². The van der Waals surface area contributed by atoms with Crippen LogP contribution in [0.3, 0.4) is 0 Å². The maximum atomic E-state index is 13.2. The number of aromatic nitrogens is 2. The van der Waals surface area contributed by atoms with Crippen molar-refractivity contribution in [3.8, 4) is 17.0 Å². The number of carbonyl (C=O) groups excluding carboxylic acids is 1. The van der Waals surface area contributed by atoms with E-state index in [1.807, 2.05) is 61.5 Å². The minimum Gasteiger partial charge on any atom is -0.496 e. The van der Waals surface area contributed by atoms with Crippen LogP contribution in [-0.4, -0.2) is 23.2 Å². The minimum absolute atomic E-state index is 0.00634. The molecule has 1 heterocycles. The van der Waals surface area contributed by atoms with E-state index in [9.17, 15) is 4.79 Å². The van der Waals surface area contributed by atoms with Gasteiger partial charge in [-0.15, -0.1) is 0 Å². The molecule has 1 aromatic heterocycles. The molecule has 0 bridgehead atoms. The predicted molar refractivity (Wildman–Crippen MR) is 111 cm³/mol. The molecule has 1 saturated carbocycles. The van der Waals surface area contributed by atoms with Gasteiger partial charge < -0.3 is 10.1 Å². The number of carbonyl (C=O) groups is 1. The molecular weight excluding hydrogens is 350 g/mol. The third kappa shape index (κ3) is 3.52. The van der Waals surface area contributed by atoms with Crippen molar-refractivity contribution in [2.45, 2.75) is 38.0 Å². The number of aromatic amines is 1. The Kier molecular flexibility index (Phi) is 5.15. The van der Waals surface area contributed by atoms with E-state index >= 15 is 0 Å². The fourth-order valence-electron chi connectivity index (χ4n) is 3.65. The quantitative estimate of drug-likeness (QED) is 0.604. The molecule has 0 aliphatic heterocycles.